The van der Waals surface area contributed by atoms with Crippen molar-refractivity contribution in [1.29, 1.82) is 10.5 Å². The van der Waals surface area contributed by atoms with E-state index in [-0.39, 0.29) is 45.8 Å². The van der Waals surface area contributed by atoms with Gasteiger partial charge in [-0.1, -0.05) is 36.4 Å². The molecule has 0 aliphatic carbocycles. The predicted molar refractivity (Wildman–Crippen MR) is 260 cm³/mol. The molecule has 0 spiro atoms. The summed E-state index contributed by atoms with van der Waals surface area (Å²) in [7, 11) is 0. The smallest absolute Gasteiger partial charge is 0.306 e. The molecule has 2 atom stereocenters. The number of nitrogens with zero attached hydrogens (tertiary/aromatic N) is 4. The van der Waals surface area contributed by atoms with Crippen molar-refractivity contribution in [3.63, 3.8) is 0 Å². The van der Waals surface area contributed by atoms with Gasteiger partial charge in [0.2, 0.25) is 0 Å². The van der Waals surface area contributed by atoms with E-state index in [0.717, 1.165) is 61.2 Å². The van der Waals surface area contributed by atoms with Crippen LogP contribution in [0.1, 0.15) is 92.4 Å². The second kappa shape index (κ2) is 25.0. The summed E-state index contributed by atoms with van der Waals surface area (Å²) in [6, 6.07) is 27.4. The number of aliphatic hydroxyl groups is 2. The van der Waals surface area contributed by atoms with Crippen molar-refractivity contribution in [1.82, 2.24) is 15.3 Å². The van der Waals surface area contributed by atoms with Gasteiger partial charge in [-0.25, -0.2) is 0 Å². The van der Waals surface area contributed by atoms with E-state index in [4.69, 9.17) is 29.2 Å². The maximum atomic E-state index is 11.1. The molecule has 0 saturated carbocycles. The summed E-state index contributed by atoms with van der Waals surface area (Å²) >= 11 is 0. The molecule has 15 heteroatoms. The van der Waals surface area contributed by atoms with Crippen LogP contribution in [0, 0.1) is 50.4 Å². The molecule has 0 radical (unpaired) electrons. The summed E-state index contributed by atoms with van der Waals surface area (Å²) in [5.41, 5.74) is 11.9. The molecule has 15 nitrogen and oxygen atoms in total. The van der Waals surface area contributed by atoms with E-state index in [9.17, 15) is 30.3 Å². The van der Waals surface area contributed by atoms with Crippen LogP contribution in [0.4, 0.5) is 0 Å². The van der Waals surface area contributed by atoms with E-state index < -0.39 is 24.1 Å². The van der Waals surface area contributed by atoms with Gasteiger partial charge in [0.1, 0.15) is 61.6 Å². The van der Waals surface area contributed by atoms with Gasteiger partial charge in [-0.2, -0.15) is 10.5 Å². The van der Waals surface area contributed by atoms with Crippen molar-refractivity contribution >= 4 is 11.9 Å². The highest BCUT2D eigenvalue weighted by Crippen LogP contribution is 2.35. The lowest BCUT2D eigenvalue weighted by Gasteiger charge is -2.19. The van der Waals surface area contributed by atoms with Crippen LogP contribution in [0.5, 0.6) is 23.0 Å². The van der Waals surface area contributed by atoms with Crippen molar-refractivity contribution in [2.45, 2.75) is 105 Å². The van der Waals surface area contributed by atoms with Crippen LogP contribution >= 0.6 is 0 Å². The minimum absolute atomic E-state index is 0.0710. The molecule has 0 aliphatic heterocycles. The number of carboxylic acid groups (broad SMARTS) is 2. The Morgan fingerprint density at radius 1 is 0.629 bits per heavy atom. The largest absolute Gasteiger partial charge is 0.489 e. The van der Waals surface area contributed by atoms with Gasteiger partial charge >= 0.3 is 11.9 Å². The van der Waals surface area contributed by atoms with Crippen molar-refractivity contribution in [2.24, 2.45) is 0 Å². The van der Waals surface area contributed by atoms with Crippen molar-refractivity contribution < 1.29 is 49.0 Å². The molecule has 0 unspecified atom stereocenters. The van der Waals surface area contributed by atoms with E-state index in [1.165, 1.54) is 12.4 Å². The van der Waals surface area contributed by atoms with Gasteiger partial charge in [0.25, 0.3) is 0 Å². The van der Waals surface area contributed by atoms with Crippen LogP contribution in [0.25, 0.3) is 11.1 Å². The Bertz CT molecular complexity index is 2700. The van der Waals surface area contributed by atoms with E-state index in [0.29, 0.717) is 65.5 Å². The first-order chi connectivity index (χ1) is 33.7. The number of aryl methyl sites for hydroxylation is 2. The SMILES string of the molecule is Cc1cc(OCc2cccc(-c3cccc(COc4cc(C)c(CNC[C@@H](O)CC(=O)O)c(OCc5cncc(C#N)c5)c4)c3C)c2C)cc(OCc2cncc(C#N)c2)c1CCC[C@@H](O)CC(=O)O. The first kappa shape index (κ1) is 51.6. The number of aromatic nitrogens is 2. The number of benzene rings is 4. The molecule has 0 amide bonds. The number of aliphatic carboxylic acids is 2. The minimum atomic E-state index is -1.09. The van der Waals surface area contributed by atoms with Crippen molar-refractivity contribution in [3.05, 3.63) is 164 Å². The number of aliphatic hydroxyl groups excluding tert-OH is 2. The molecule has 2 heterocycles. The van der Waals surface area contributed by atoms with E-state index in [1.807, 2.05) is 56.3 Å². The Morgan fingerprint density at radius 3 is 1.61 bits per heavy atom. The fourth-order valence-electron chi connectivity index (χ4n) is 8.10. The zero-order valence-corrected chi connectivity index (χ0v) is 39.7. The van der Waals surface area contributed by atoms with Crippen LogP contribution < -0.4 is 24.3 Å². The van der Waals surface area contributed by atoms with E-state index >= 15 is 0 Å². The summed E-state index contributed by atoms with van der Waals surface area (Å²) in [5.74, 6) is 0.144. The maximum Gasteiger partial charge on any atom is 0.306 e. The highest BCUT2D eigenvalue weighted by atomic mass is 16.5. The molecule has 5 N–H and O–H groups in total. The molecular weight excluding hydrogens is 891 g/mol. The van der Waals surface area contributed by atoms with Gasteiger partial charge in [0.05, 0.1) is 36.2 Å². The number of ether oxygens (including phenoxy) is 4. The topological polar surface area (TPSA) is 237 Å². The van der Waals surface area contributed by atoms with Crippen LogP contribution in [-0.2, 0) is 49.0 Å². The monoisotopic (exact) mass is 947 g/mol. The fraction of sp³-hybridized carbons (Fsp3) is 0.309. The molecule has 0 saturated heterocycles. The maximum absolute atomic E-state index is 11.1. The van der Waals surface area contributed by atoms with Gasteiger partial charge in [-0.15, -0.1) is 0 Å². The lowest BCUT2D eigenvalue weighted by atomic mass is 9.92. The first-order valence-corrected chi connectivity index (χ1v) is 22.8. The summed E-state index contributed by atoms with van der Waals surface area (Å²) in [4.78, 5) is 30.5. The number of carbonyl (C=O) groups is 2. The first-order valence-electron chi connectivity index (χ1n) is 22.8. The lowest BCUT2D eigenvalue weighted by Crippen LogP contribution is -2.28. The molecule has 6 aromatic rings. The highest BCUT2D eigenvalue weighted by molar-refractivity contribution is 5.72. The number of nitrogens with one attached hydrogen (secondary N) is 1. The Hall–Kier alpha value is -7.82. The van der Waals surface area contributed by atoms with Crippen LogP contribution in [0.3, 0.4) is 0 Å². The van der Waals surface area contributed by atoms with Crippen molar-refractivity contribution in [2.75, 3.05) is 6.54 Å². The standard InChI is InChI=1S/C55H57N5O10/c1-34-14-46(20-52(48(34)11-7-10-44(61)18-54(63)64)69-30-40-16-38(22-56)24-58-26-40)67-32-42-8-5-12-49(36(42)3)50-13-6-9-43(37(50)4)33-68-47-15-35(2)51(29-60-28-45(62)19-55(65)66)53(21-47)70-31-41-17-39(23-57)25-59-27-41/h5-6,8-9,12-17,20-21,24-27,44-45,60-62H,7,10-11,18-19,28-33H2,1-4H3,(H,63,64)(H,65,66)/t44-,45+/m1/s1. The number of carboxylic acids is 2. The van der Waals surface area contributed by atoms with Gasteiger partial charge in [0.15, 0.2) is 0 Å². The molecule has 6 rings (SSSR count). The van der Waals surface area contributed by atoms with Crippen molar-refractivity contribution in [3.8, 4) is 46.3 Å². The molecule has 4 aromatic carbocycles. The normalized spacial score (nSPS) is 11.8. The molecule has 2 aromatic heterocycles. The summed E-state index contributed by atoms with van der Waals surface area (Å²) < 4.78 is 25.5. The number of pyridine rings is 2. The average molecular weight is 948 g/mol. The fourth-order valence-corrected chi connectivity index (χ4v) is 8.10. The van der Waals surface area contributed by atoms with Crippen LogP contribution in [0.15, 0.2) is 97.6 Å². The Labute approximate surface area is 407 Å². The number of nitriles is 2. The zero-order valence-electron chi connectivity index (χ0n) is 39.7. The minimum Gasteiger partial charge on any atom is -0.489 e. The van der Waals surface area contributed by atoms with Crippen LogP contribution in [0.2, 0.25) is 0 Å². The molecule has 0 fully saturated rings. The summed E-state index contributed by atoms with van der Waals surface area (Å²) in [6.07, 6.45) is 4.94. The Morgan fingerprint density at radius 2 is 1.11 bits per heavy atom. The van der Waals surface area contributed by atoms with Gasteiger partial charge in [0, 0.05) is 66.7 Å². The Balaban J connectivity index is 1.18. The predicted octanol–water partition coefficient (Wildman–Crippen LogP) is 8.52. The Kier molecular flexibility index (Phi) is 18.4. The van der Waals surface area contributed by atoms with E-state index in [2.05, 4.69) is 53.4 Å². The number of hydrogen-bond acceptors (Lipinski definition) is 13. The lowest BCUT2D eigenvalue weighted by molar-refractivity contribution is -0.140. The molecule has 0 aliphatic rings. The summed E-state index contributed by atoms with van der Waals surface area (Å²) in [6.45, 7) is 9.22. The average Bonchev–Trinajstić information content (AvgIpc) is 3.33. The van der Waals surface area contributed by atoms with Gasteiger partial charge in [-0.3, -0.25) is 19.6 Å². The molecular formula is C55H57N5O10. The second-order valence-corrected chi connectivity index (χ2v) is 17.2. The third-order valence-electron chi connectivity index (χ3n) is 11.9. The molecule has 362 valence electrons. The molecule has 70 heavy (non-hydrogen) atoms. The van der Waals surface area contributed by atoms with Gasteiger partial charge < -0.3 is 44.7 Å². The second-order valence-electron chi connectivity index (χ2n) is 17.2. The zero-order chi connectivity index (χ0) is 50.2. The highest BCUT2D eigenvalue weighted by Gasteiger charge is 2.18. The third-order valence-corrected chi connectivity index (χ3v) is 11.9. The third kappa shape index (κ3) is 14.6. The van der Waals surface area contributed by atoms with E-state index in [1.54, 1.807) is 30.6 Å². The van der Waals surface area contributed by atoms with Gasteiger partial charge in [-0.05, 0) is 121 Å². The number of hydrogen-bond donors (Lipinski definition) is 5. The quantitative estimate of drug-likeness (QED) is 0.0362. The summed E-state index contributed by atoms with van der Waals surface area (Å²) in [5, 5.41) is 60.4. The number of rotatable bonds is 25. The molecule has 0 bridgehead atoms. The van der Waals surface area contributed by atoms with Crippen LogP contribution in [-0.4, -0.2) is 61.1 Å².